The number of nitrogens with zero attached hydrogens (tertiary/aromatic N) is 2. The van der Waals surface area contributed by atoms with Crippen LogP contribution >= 0.6 is 0 Å². The molecule has 6 heteroatoms. The number of aromatic nitrogens is 1. The first-order chi connectivity index (χ1) is 7.52. The monoisotopic (exact) mass is 220 g/mol. The molecule has 0 aliphatic heterocycles. The molecular weight excluding hydrogens is 212 g/mol. The normalized spacial score (nSPS) is 10.6. The van der Waals surface area contributed by atoms with Gasteiger partial charge < -0.3 is 5.11 Å². The molecule has 2 aromatic rings. The maximum Gasteiger partial charge on any atom is 0.416 e. The SMILES string of the molecule is Cc1ccc([N+](=O)[O-])c2c1ccn2C(=O)O. The number of hydrogen-bond donors (Lipinski definition) is 1. The third-order valence-electron chi connectivity index (χ3n) is 2.45. The van der Waals surface area contributed by atoms with Gasteiger partial charge >= 0.3 is 6.09 Å². The number of benzene rings is 1. The Hall–Kier alpha value is -2.37. The van der Waals surface area contributed by atoms with E-state index in [9.17, 15) is 14.9 Å². The Morgan fingerprint density at radius 1 is 1.44 bits per heavy atom. The van der Waals surface area contributed by atoms with Crippen molar-refractivity contribution in [3.05, 3.63) is 40.1 Å². The van der Waals surface area contributed by atoms with Crippen LogP contribution in [0.4, 0.5) is 10.5 Å². The second-order valence-electron chi connectivity index (χ2n) is 3.39. The molecule has 0 spiro atoms. The maximum absolute atomic E-state index is 10.9. The average Bonchev–Trinajstić information content (AvgIpc) is 2.62. The zero-order chi connectivity index (χ0) is 11.9. The van der Waals surface area contributed by atoms with E-state index in [-0.39, 0.29) is 11.2 Å². The summed E-state index contributed by atoms with van der Waals surface area (Å²) < 4.78 is 0.862. The summed E-state index contributed by atoms with van der Waals surface area (Å²) in [7, 11) is 0. The fourth-order valence-corrected chi connectivity index (χ4v) is 1.69. The molecule has 2 rings (SSSR count). The van der Waals surface area contributed by atoms with Crippen LogP contribution in [0, 0.1) is 17.0 Å². The molecule has 0 unspecified atom stereocenters. The molecule has 1 N–H and O–H groups in total. The summed E-state index contributed by atoms with van der Waals surface area (Å²) in [6.07, 6.45) is 0.0798. The van der Waals surface area contributed by atoms with Crippen LogP contribution in [0.2, 0.25) is 0 Å². The highest BCUT2D eigenvalue weighted by atomic mass is 16.6. The zero-order valence-corrected chi connectivity index (χ0v) is 8.38. The minimum Gasteiger partial charge on any atom is -0.464 e. The van der Waals surface area contributed by atoms with Gasteiger partial charge in [0.25, 0.3) is 5.69 Å². The van der Waals surface area contributed by atoms with Crippen LogP contribution in [0.3, 0.4) is 0 Å². The van der Waals surface area contributed by atoms with E-state index < -0.39 is 11.0 Å². The molecule has 0 amide bonds. The highest BCUT2D eigenvalue weighted by Gasteiger charge is 2.19. The van der Waals surface area contributed by atoms with Crippen molar-refractivity contribution in [2.75, 3.05) is 0 Å². The van der Waals surface area contributed by atoms with Crippen molar-refractivity contribution in [1.82, 2.24) is 4.57 Å². The van der Waals surface area contributed by atoms with E-state index in [0.717, 1.165) is 10.1 Å². The third-order valence-corrected chi connectivity index (χ3v) is 2.45. The lowest BCUT2D eigenvalue weighted by Crippen LogP contribution is -2.07. The van der Waals surface area contributed by atoms with E-state index >= 15 is 0 Å². The van der Waals surface area contributed by atoms with Gasteiger partial charge in [-0.3, -0.25) is 10.1 Å². The van der Waals surface area contributed by atoms with Gasteiger partial charge in [-0.1, -0.05) is 6.07 Å². The molecule has 0 saturated heterocycles. The zero-order valence-electron chi connectivity index (χ0n) is 8.38. The van der Waals surface area contributed by atoms with Gasteiger partial charge in [0, 0.05) is 17.6 Å². The summed E-state index contributed by atoms with van der Waals surface area (Å²) >= 11 is 0. The second kappa shape index (κ2) is 3.34. The highest BCUT2D eigenvalue weighted by molar-refractivity contribution is 5.96. The molecule has 0 saturated carbocycles. The molecule has 1 heterocycles. The summed E-state index contributed by atoms with van der Waals surface area (Å²) in [5, 5.41) is 20.3. The predicted octanol–water partition coefficient (Wildman–Crippen LogP) is 2.38. The Labute approximate surface area is 89.9 Å². The highest BCUT2D eigenvalue weighted by Crippen LogP contribution is 2.28. The van der Waals surface area contributed by atoms with E-state index in [2.05, 4.69) is 0 Å². The van der Waals surface area contributed by atoms with E-state index in [4.69, 9.17) is 5.11 Å². The van der Waals surface area contributed by atoms with E-state index in [1.54, 1.807) is 19.1 Å². The molecule has 0 fully saturated rings. The van der Waals surface area contributed by atoms with Crippen LogP contribution in [0.1, 0.15) is 5.56 Å². The van der Waals surface area contributed by atoms with Gasteiger partial charge in [-0.15, -0.1) is 0 Å². The number of fused-ring (bicyclic) bond motifs is 1. The van der Waals surface area contributed by atoms with E-state index in [1.165, 1.54) is 12.3 Å². The first-order valence-electron chi connectivity index (χ1n) is 4.50. The quantitative estimate of drug-likeness (QED) is 0.590. The summed E-state index contributed by atoms with van der Waals surface area (Å²) in [4.78, 5) is 21.1. The van der Waals surface area contributed by atoms with Crippen LogP contribution < -0.4 is 0 Å². The molecule has 0 aliphatic rings. The standard InChI is InChI=1S/C10H8N2O4/c1-6-2-3-8(12(15)16)9-7(6)4-5-11(9)10(13)14/h2-5H,1H3,(H,13,14). The first-order valence-corrected chi connectivity index (χ1v) is 4.50. The fourth-order valence-electron chi connectivity index (χ4n) is 1.69. The minimum absolute atomic E-state index is 0.123. The lowest BCUT2D eigenvalue weighted by atomic mass is 10.1. The van der Waals surface area contributed by atoms with E-state index in [0.29, 0.717) is 5.39 Å². The van der Waals surface area contributed by atoms with Gasteiger partial charge in [0.05, 0.1) is 4.92 Å². The van der Waals surface area contributed by atoms with Gasteiger partial charge in [0.15, 0.2) is 0 Å². The van der Waals surface area contributed by atoms with Crippen LogP contribution in [0.25, 0.3) is 10.9 Å². The number of hydrogen-bond acceptors (Lipinski definition) is 3. The predicted molar refractivity (Wildman–Crippen MR) is 56.8 cm³/mol. The topological polar surface area (TPSA) is 85.4 Å². The number of nitro benzene ring substituents is 1. The maximum atomic E-state index is 10.9. The third kappa shape index (κ3) is 1.31. The van der Waals surface area contributed by atoms with Crippen LogP contribution in [-0.2, 0) is 0 Å². The van der Waals surface area contributed by atoms with Crippen molar-refractivity contribution < 1.29 is 14.8 Å². The van der Waals surface area contributed by atoms with Gasteiger partial charge in [0.1, 0.15) is 5.52 Å². The van der Waals surface area contributed by atoms with Gasteiger partial charge in [-0.2, -0.15) is 0 Å². The Bertz CT molecular complexity index is 600. The van der Waals surface area contributed by atoms with Crippen molar-refractivity contribution in [3.63, 3.8) is 0 Å². The van der Waals surface area contributed by atoms with Crippen LogP contribution in [0.15, 0.2) is 24.4 Å². The summed E-state index contributed by atoms with van der Waals surface area (Å²) in [5.41, 5.74) is 0.728. The van der Waals surface area contributed by atoms with Crippen molar-refractivity contribution >= 4 is 22.7 Å². The van der Waals surface area contributed by atoms with Crippen molar-refractivity contribution in [1.29, 1.82) is 0 Å². The van der Waals surface area contributed by atoms with Gasteiger partial charge in [0.2, 0.25) is 0 Å². The average molecular weight is 220 g/mol. The lowest BCUT2D eigenvalue weighted by molar-refractivity contribution is -0.383. The van der Waals surface area contributed by atoms with Crippen molar-refractivity contribution in [2.45, 2.75) is 6.92 Å². The molecule has 1 aromatic heterocycles. The molecule has 82 valence electrons. The van der Waals surface area contributed by atoms with Crippen LogP contribution in [0.5, 0.6) is 0 Å². The van der Waals surface area contributed by atoms with E-state index in [1.807, 2.05) is 0 Å². The number of rotatable bonds is 1. The van der Waals surface area contributed by atoms with Crippen molar-refractivity contribution in [3.8, 4) is 0 Å². The summed E-state index contributed by atoms with van der Waals surface area (Å²) in [6.45, 7) is 1.78. The lowest BCUT2D eigenvalue weighted by Gasteiger charge is -2.01. The molecule has 0 atom stereocenters. The second-order valence-corrected chi connectivity index (χ2v) is 3.39. The number of aryl methyl sites for hydroxylation is 1. The Morgan fingerprint density at radius 2 is 2.12 bits per heavy atom. The number of nitro groups is 1. The molecule has 6 nitrogen and oxygen atoms in total. The molecule has 1 aromatic carbocycles. The Kier molecular flexibility index (Phi) is 2.12. The molecular formula is C10H8N2O4. The van der Waals surface area contributed by atoms with Crippen molar-refractivity contribution in [2.24, 2.45) is 0 Å². The largest absolute Gasteiger partial charge is 0.464 e. The molecule has 0 bridgehead atoms. The number of non-ortho nitro benzene ring substituents is 1. The molecule has 0 radical (unpaired) electrons. The number of carbonyl (C=O) groups is 1. The summed E-state index contributed by atoms with van der Waals surface area (Å²) in [5.74, 6) is 0. The molecule has 16 heavy (non-hydrogen) atoms. The smallest absolute Gasteiger partial charge is 0.416 e. The number of carboxylic acid groups (broad SMARTS) is 1. The Balaban J connectivity index is 2.92. The molecule has 0 aliphatic carbocycles. The van der Waals surface area contributed by atoms with Gasteiger partial charge in [-0.05, 0) is 18.6 Å². The Morgan fingerprint density at radius 3 is 2.69 bits per heavy atom. The van der Waals surface area contributed by atoms with Gasteiger partial charge in [-0.25, -0.2) is 9.36 Å². The minimum atomic E-state index is -1.23. The summed E-state index contributed by atoms with van der Waals surface area (Å²) in [6, 6.07) is 4.48. The first kappa shape index (κ1) is 10.2. The fraction of sp³-hybridized carbons (Fsp3) is 0.100. The van der Waals surface area contributed by atoms with Crippen LogP contribution in [-0.4, -0.2) is 20.7 Å².